The molecule has 194 valence electrons. The summed E-state index contributed by atoms with van der Waals surface area (Å²) in [5.74, 6) is -0.434. The van der Waals surface area contributed by atoms with Gasteiger partial charge in [0.25, 0.3) is 0 Å². The molecule has 0 bridgehead atoms. The molecule has 4 nitrogen and oxygen atoms in total. The van der Waals surface area contributed by atoms with E-state index < -0.39 is 0 Å². The number of nitrogens with one attached hydrogen (secondary N) is 2. The minimum atomic E-state index is -0.224. The summed E-state index contributed by atoms with van der Waals surface area (Å²) in [5, 5.41) is 9.47. The third kappa shape index (κ3) is 6.86. The Labute approximate surface area is 230 Å². The van der Waals surface area contributed by atoms with E-state index in [9.17, 15) is 8.78 Å². The summed E-state index contributed by atoms with van der Waals surface area (Å²) in [6, 6.07) is 30.4. The van der Waals surface area contributed by atoms with Crippen molar-refractivity contribution in [3.8, 4) is 0 Å². The molecule has 6 rings (SSSR count). The Bertz CT molecular complexity index is 1680. The summed E-state index contributed by atoms with van der Waals surface area (Å²) in [7, 11) is 0. The molecule has 4 aromatic carbocycles. The number of hydrogen-bond donors (Lipinski definition) is 2. The highest BCUT2D eigenvalue weighted by Gasteiger charge is 2.03. The summed E-state index contributed by atoms with van der Waals surface area (Å²) in [6.07, 6.45) is 3.53. The molecule has 39 heavy (non-hydrogen) atoms. The van der Waals surface area contributed by atoms with Crippen molar-refractivity contribution in [2.45, 2.75) is 13.1 Å². The van der Waals surface area contributed by atoms with Gasteiger partial charge < -0.3 is 10.6 Å². The Balaban J connectivity index is 0.000000158. The lowest BCUT2D eigenvalue weighted by atomic mass is 10.1. The van der Waals surface area contributed by atoms with Gasteiger partial charge in [-0.15, -0.1) is 0 Å². The van der Waals surface area contributed by atoms with Gasteiger partial charge in [0.05, 0.1) is 11.0 Å². The van der Waals surface area contributed by atoms with Crippen molar-refractivity contribution in [3.05, 3.63) is 143 Å². The van der Waals surface area contributed by atoms with E-state index in [1.165, 1.54) is 24.3 Å². The molecule has 0 aliphatic rings. The molecule has 0 aliphatic carbocycles. The normalized spacial score (nSPS) is 10.6. The van der Waals surface area contributed by atoms with Gasteiger partial charge in [0, 0.05) is 52.7 Å². The summed E-state index contributed by atoms with van der Waals surface area (Å²) in [6.45, 7) is 1.29. The fourth-order valence-corrected chi connectivity index (χ4v) is 4.29. The number of halogens is 3. The van der Waals surface area contributed by atoms with Gasteiger partial charge in [-0.2, -0.15) is 0 Å². The number of aromatic nitrogens is 2. The number of benzene rings is 4. The molecule has 0 fully saturated rings. The Morgan fingerprint density at radius 2 is 1.08 bits per heavy atom. The number of hydrogen-bond acceptors (Lipinski definition) is 4. The highest BCUT2D eigenvalue weighted by atomic mass is 35.5. The van der Waals surface area contributed by atoms with Crippen LogP contribution in [0.4, 0.5) is 20.2 Å². The van der Waals surface area contributed by atoms with Gasteiger partial charge in [0.2, 0.25) is 0 Å². The fraction of sp³-hybridized carbons (Fsp3) is 0.0625. The van der Waals surface area contributed by atoms with Gasteiger partial charge in [0.15, 0.2) is 0 Å². The number of para-hydroxylation sites is 1. The minimum absolute atomic E-state index is 0.210. The number of nitrogens with zero attached hydrogens (tertiary/aromatic N) is 2. The quantitative estimate of drug-likeness (QED) is 0.223. The predicted molar refractivity (Wildman–Crippen MR) is 156 cm³/mol. The number of rotatable bonds is 6. The maximum atomic E-state index is 12.9. The summed E-state index contributed by atoms with van der Waals surface area (Å²) >= 11 is 5.96. The summed E-state index contributed by atoms with van der Waals surface area (Å²) in [4.78, 5) is 8.61. The molecular formula is C32H25ClF2N4. The lowest BCUT2D eigenvalue weighted by Crippen LogP contribution is -2.00. The van der Waals surface area contributed by atoms with Crippen LogP contribution >= 0.6 is 11.6 Å². The molecule has 6 aromatic rings. The van der Waals surface area contributed by atoms with Crippen molar-refractivity contribution in [3.63, 3.8) is 0 Å². The molecule has 0 amide bonds. The third-order valence-corrected chi connectivity index (χ3v) is 6.38. The van der Waals surface area contributed by atoms with Gasteiger partial charge in [-0.1, -0.05) is 54.1 Å². The van der Waals surface area contributed by atoms with Gasteiger partial charge in [-0.05, 0) is 71.8 Å². The van der Waals surface area contributed by atoms with Crippen molar-refractivity contribution in [2.24, 2.45) is 0 Å². The second-order valence-corrected chi connectivity index (χ2v) is 9.29. The van der Waals surface area contributed by atoms with Crippen LogP contribution in [0, 0.1) is 11.6 Å². The zero-order valence-electron chi connectivity index (χ0n) is 20.9. The third-order valence-electron chi connectivity index (χ3n) is 6.15. The highest BCUT2D eigenvalue weighted by Crippen LogP contribution is 2.25. The smallest absolute Gasteiger partial charge is 0.123 e. The van der Waals surface area contributed by atoms with E-state index in [0.29, 0.717) is 18.1 Å². The van der Waals surface area contributed by atoms with Crippen molar-refractivity contribution in [2.75, 3.05) is 10.6 Å². The fourth-order valence-electron chi connectivity index (χ4n) is 4.12. The van der Waals surface area contributed by atoms with Gasteiger partial charge in [-0.25, -0.2) is 8.78 Å². The summed E-state index contributed by atoms with van der Waals surface area (Å²) < 4.78 is 25.7. The van der Waals surface area contributed by atoms with Crippen LogP contribution in [0.5, 0.6) is 0 Å². The molecule has 2 heterocycles. The van der Waals surface area contributed by atoms with Crippen LogP contribution < -0.4 is 10.6 Å². The van der Waals surface area contributed by atoms with E-state index in [1.54, 1.807) is 36.7 Å². The largest absolute Gasteiger partial charge is 0.380 e. The van der Waals surface area contributed by atoms with E-state index >= 15 is 0 Å². The van der Waals surface area contributed by atoms with E-state index in [2.05, 4.69) is 20.6 Å². The first kappa shape index (κ1) is 26.1. The van der Waals surface area contributed by atoms with Crippen molar-refractivity contribution < 1.29 is 8.78 Å². The Kier molecular flexibility index (Phi) is 8.24. The molecule has 0 spiro atoms. The van der Waals surface area contributed by atoms with Gasteiger partial charge in [0.1, 0.15) is 11.6 Å². The average Bonchev–Trinajstić information content (AvgIpc) is 2.97. The number of anilines is 2. The summed E-state index contributed by atoms with van der Waals surface area (Å²) in [5.41, 5.74) is 5.90. The van der Waals surface area contributed by atoms with E-state index in [-0.39, 0.29) is 11.6 Å². The lowest BCUT2D eigenvalue weighted by molar-refractivity contribution is 0.626. The van der Waals surface area contributed by atoms with Crippen molar-refractivity contribution in [1.82, 2.24) is 9.97 Å². The van der Waals surface area contributed by atoms with Gasteiger partial charge in [-0.3, -0.25) is 9.97 Å². The van der Waals surface area contributed by atoms with Crippen LogP contribution in [-0.4, -0.2) is 9.97 Å². The van der Waals surface area contributed by atoms with E-state index in [1.807, 2.05) is 54.6 Å². The Morgan fingerprint density at radius 3 is 1.67 bits per heavy atom. The Hall–Kier alpha value is -4.55. The average molecular weight is 539 g/mol. The molecule has 0 saturated carbocycles. The van der Waals surface area contributed by atoms with E-state index in [4.69, 9.17) is 11.6 Å². The van der Waals surface area contributed by atoms with Crippen LogP contribution in [0.25, 0.3) is 21.8 Å². The van der Waals surface area contributed by atoms with Crippen LogP contribution in [-0.2, 0) is 13.1 Å². The molecule has 2 N–H and O–H groups in total. The monoisotopic (exact) mass is 538 g/mol. The SMILES string of the molecule is Fc1ccc(CNc2ccnc3cc(Cl)ccc23)cc1.Fc1ccc(CNc2ccnc3ccccc23)cc1. The molecule has 2 aromatic heterocycles. The lowest BCUT2D eigenvalue weighted by Gasteiger charge is -2.09. The van der Waals surface area contributed by atoms with E-state index in [0.717, 1.165) is 44.3 Å². The minimum Gasteiger partial charge on any atom is -0.380 e. The Morgan fingerprint density at radius 1 is 0.564 bits per heavy atom. The van der Waals surface area contributed by atoms with Crippen LogP contribution in [0.2, 0.25) is 5.02 Å². The van der Waals surface area contributed by atoms with Crippen molar-refractivity contribution >= 4 is 44.8 Å². The number of fused-ring (bicyclic) bond motifs is 2. The first-order valence-corrected chi connectivity index (χ1v) is 12.8. The van der Waals surface area contributed by atoms with Crippen LogP contribution in [0.15, 0.2) is 116 Å². The molecule has 0 atom stereocenters. The molecule has 0 saturated heterocycles. The highest BCUT2D eigenvalue weighted by molar-refractivity contribution is 6.31. The maximum Gasteiger partial charge on any atom is 0.123 e. The van der Waals surface area contributed by atoms with Crippen LogP contribution in [0.1, 0.15) is 11.1 Å². The molecule has 0 aliphatic heterocycles. The zero-order valence-corrected chi connectivity index (χ0v) is 21.7. The van der Waals surface area contributed by atoms with Gasteiger partial charge >= 0.3 is 0 Å². The maximum absolute atomic E-state index is 12.9. The van der Waals surface area contributed by atoms with Crippen molar-refractivity contribution in [1.29, 1.82) is 0 Å². The number of pyridine rings is 2. The molecule has 7 heteroatoms. The first-order valence-electron chi connectivity index (χ1n) is 12.4. The topological polar surface area (TPSA) is 49.8 Å². The second kappa shape index (κ2) is 12.3. The van der Waals surface area contributed by atoms with Crippen LogP contribution in [0.3, 0.4) is 0 Å². The first-order chi connectivity index (χ1) is 19.0. The molecule has 0 radical (unpaired) electrons. The predicted octanol–water partition coefficient (Wildman–Crippen LogP) is 8.63. The molecule has 0 unspecified atom stereocenters. The molecular weight excluding hydrogens is 514 g/mol. The standard InChI is InChI=1S/C16H12ClFN2.C16H13FN2/c17-12-3-6-14-15(7-8-19-16(14)9-12)20-10-11-1-4-13(18)5-2-11;17-13-7-5-12(6-8-13)11-19-16-9-10-18-15-4-2-1-3-14(15)16/h1-9H,10H2,(H,19,20);1-10H,11H2,(H,18,19). The second-order valence-electron chi connectivity index (χ2n) is 8.86. The zero-order chi connectivity index (χ0) is 27.0.